The van der Waals surface area contributed by atoms with Crippen molar-refractivity contribution in [1.29, 1.82) is 0 Å². The summed E-state index contributed by atoms with van der Waals surface area (Å²) in [5, 5.41) is 0. The van der Waals surface area contributed by atoms with Gasteiger partial charge in [0.1, 0.15) is 11.9 Å². The number of hydrogen-bond donors (Lipinski definition) is 0. The molecule has 114 valence electrons. The second-order valence-corrected chi connectivity index (χ2v) is 6.40. The Morgan fingerprint density at radius 3 is 2.71 bits per heavy atom. The normalized spacial score (nSPS) is 24.0. The standard InChI is InChI=1S/C17H24N2O2/c1-13-5-3-4-6-16(13)21-15-11-19(12-15)10-14-7-8-17(20)18(2)9-14/h3-6,14-15H,7-12H2,1-2H3. The highest BCUT2D eigenvalue weighted by atomic mass is 16.5. The van der Waals surface area contributed by atoms with E-state index in [2.05, 4.69) is 17.9 Å². The molecule has 0 N–H and O–H groups in total. The molecular weight excluding hydrogens is 264 g/mol. The first-order valence-electron chi connectivity index (χ1n) is 7.80. The summed E-state index contributed by atoms with van der Waals surface area (Å²) < 4.78 is 6.03. The molecule has 1 amide bonds. The Bertz CT molecular complexity index is 511. The van der Waals surface area contributed by atoms with Gasteiger partial charge in [0, 0.05) is 39.6 Å². The van der Waals surface area contributed by atoms with Crippen LogP contribution in [0.2, 0.25) is 0 Å². The summed E-state index contributed by atoms with van der Waals surface area (Å²) in [5.41, 5.74) is 1.20. The lowest BCUT2D eigenvalue weighted by molar-refractivity contribution is -0.133. The van der Waals surface area contributed by atoms with Gasteiger partial charge in [0.2, 0.25) is 5.91 Å². The monoisotopic (exact) mass is 288 g/mol. The zero-order valence-electron chi connectivity index (χ0n) is 12.9. The van der Waals surface area contributed by atoms with Gasteiger partial charge in [-0.3, -0.25) is 9.69 Å². The third kappa shape index (κ3) is 3.38. The lowest BCUT2D eigenvalue weighted by Gasteiger charge is -2.42. The highest BCUT2D eigenvalue weighted by Gasteiger charge is 2.32. The fourth-order valence-corrected chi connectivity index (χ4v) is 3.23. The van der Waals surface area contributed by atoms with Gasteiger partial charge in [0.15, 0.2) is 0 Å². The Labute approximate surface area is 126 Å². The number of rotatable bonds is 4. The second-order valence-electron chi connectivity index (χ2n) is 6.40. The van der Waals surface area contributed by atoms with Gasteiger partial charge in [-0.1, -0.05) is 18.2 Å². The summed E-state index contributed by atoms with van der Waals surface area (Å²) in [6.45, 7) is 6.08. The molecule has 3 rings (SSSR count). The summed E-state index contributed by atoms with van der Waals surface area (Å²) in [7, 11) is 1.91. The first-order valence-corrected chi connectivity index (χ1v) is 7.80. The van der Waals surface area contributed by atoms with Crippen LogP contribution in [0.4, 0.5) is 0 Å². The van der Waals surface area contributed by atoms with Gasteiger partial charge in [-0.25, -0.2) is 0 Å². The van der Waals surface area contributed by atoms with E-state index in [0.717, 1.165) is 38.3 Å². The molecule has 2 aliphatic heterocycles. The quantitative estimate of drug-likeness (QED) is 0.848. The molecule has 1 unspecified atom stereocenters. The Balaban J connectivity index is 1.42. The van der Waals surface area contributed by atoms with Gasteiger partial charge < -0.3 is 9.64 Å². The number of carbonyl (C=O) groups is 1. The maximum absolute atomic E-state index is 11.5. The zero-order chi connectivity index (χ0) is 14.8. The molecule has 1 aromatic rings. The van der Waals surface area contributed by atoms with Crippen LogP contribution in [0.1, 0.15) is 18.4 Å². The topological polar surface area (TPSA) is 32.8 Å². The molecule has 0 aromatic heterocycles. The van der Waals surface area contributed by atoms with Gasteiger partial charge in [0.25, 0.3) is 0 Å². The van der Waals surface area contributed by atoms with Crippen LogP contribution in [0.3, 0.4) is 0 Å². The van der Waals surface area contributed by atoms with E-state index in [-0.39, 0.29) is 5.91 Å². The number of aryl methyl sites for hydroxylation is 1. The fourth-order valence-electron chi connectivity index (χ4n) is 3.23. The van der Waals surface area contributed by atoms with Crippen LogP contribution >= 0.6 is 0 Å². The molecule has 0 radical (unpaired) electrons. The van der Waals surface area contributed by atoms with Crippen LogP contribution in [0, 0.1) is 12.8 Å². The number of amides is 1. The van der Waals surface area contributed by atoms with Crippen molar-refractivity contribution in [2.45, 2.75) is 25.9 Å². The van der Waals surface area contributed by atoms with Crippen LogP contribution in [0.5, 0.6) is 5.75 Å². The molecule has 1 aromatic carbocycles. The summed E-state index contributed by atoms with van der Waals surface area (Å²) in [5.74, 6) is 1.91. The molecule has 2 fully saturated rings. The summed E-state index contributed by atoms with van der Waals surface area (Å²) in [4.78, 5) is 15.8. The highest BCUT2D eigenvalue weighted by Crippen LogP contribution is 2.24. The first kappa shape index (κ1) is 14.4. The maximum atomic E-state index is 11.5. The number of nitrogens with zero attached hydrogens (tertiary/aromatic N) is 2. The molecule has 4 heteroatoms. The number of ether oxygens (including phenoxy) is 1. The van der Waals surface area contributed by atoms with Crippen molar-refractivity contribution in [3.8, 4) is 5.75 Å². The van der Waals surface area contributed by atoms with E-state index in [1.165, 1.54) is 5.56 Å². The number of para-hydroxylation sites is 1. The van der Waals surface area contributed by atoms with E-state index in [9.17, 15) is 4.79 Å². The van der Waals surface area contributed by atoms with E-state index in [1.807, 2.05) is 30.1 Å². The van der Waals surface area contributed by atoms with E-state index in [4.69, 9.17) is 4.74 Å². The largest absolute Gasteiger partial charge is 0.487 e. The number of benzene rings is 1. The molecule has 0 spiro atoms. The van der Waals surface area contributed by atoms with E-state index in [1.54, 1.807) is 0 Å². The number of hydrogen-bond acceptors (Lipinski definition) is 3. The Morgan fingerprint density at radius 2 is 2.00 bits per heavy atom. The Hall–Kier alpha value is -1.55. The van der Waals surface area contributed by atoms with Crippen molar-refractivity contribution in [3.05, 3.63) is 29.8 Å². The Kier molecular flexibility index (Phi) is 4.15. The smallest absolute Gasteiger partial charge is 0.222 e. The molecule has 4 nitrogen and oxygen atoms in total. The summed E-state index contributed by atoms with van der Waals surface area (Å²) in [6, 6.07) is 8.18. The van der Waals surface area contributed by atoms with Crippen molar-refractivity contribution in [2.75, 3.05) is 33.2 Å². The average Bonchev–Trinajstić information content (AvgIpc) is 2.42. The minimum Gasteiger partial charge on any atom is -0.487 e. The number of likely N-dealkylation sites (tertiary alicyclic amines) is 2. The summed E-state index contributed by atoms with van der Waals surface area (Å²) >= 11 is 0. The van der Waals surface area contributed by atoms with Crippen molar-refractivity contribution in [1.82, 2.24) is 9.80 Å². The van der Waals surface area contributed by atoms with Crippen LogP contribution in [0.15, 0.2) is 24.3 Å². The van der Waals surface area contributed by atoms with Crippen LogP contribution < -0.4 is 4.74 Å². The average molecular weight is 288 g/mol. The molecular formula is C17H24N2O2. The molecule has 2 heterocycles. The van der Waals surface area contributed by atoms with E-state index >= 15 is 0 Å². The van der Waals surface area contributed by atoms with Crippen molar-refractivity contribution >= 4 is 5.91 Å². The highest BCUT2D eigenvalue weighted by molar-refractivity contribution is 5.76. The van der Waals surface area contributed by atoms with Crippen molar-refractivity contribution in [3.63, 3.8) is 0 Å². The second kappa shape index (κ2) is 6.06. The van der Waals surface area contributed by atoms with Gasteiger partial charge >= 0.3 is 0 Å². The lowest BCUT2D eigenvalue weighted by Crippen LogP contribution is -2.56. The van der Waals surface area contributed by atoms with Crippen molar-refractivity contribution < 1.29 is 9.53 Å². The van der Waals surface area contributed by atoms with E-state index < -0.39 is 0 Å². The molecule has 1 atom stereocenters. The molecule has 0 saturated carbocycles. The third-order valence-electron chi connectivity index (χ3n) is 4.55. The van der Waals surface area contributed by atoms with Gasteiger partial charge in [-0.2, -0.15) is 0 Å². The van der Waals surface area contributed by atoms with Crippen LogP contribution in [0.25, 0.3) is 0 Å². The first-order chi connectivity index (χ1) is 10.1. The Morgan fingerprint density at radius 1 is 1.24 bits per heavy atom. The zero-order valence-corrected chi connectivity index (χ0v) is 12.9. The molecule has 21 heavy (non-hydrogen) atoms. The third-order valence-corrected chi connectivity index (χ3v) is 4.55. The SMILES string of the molecule is Cc1ccccc1OC1CN(CC2CCC(=O)N(C)C2)C1. The minimum atomic E-state index is 0.288. The van der Waals surface area contributed by atoms with E-state index in [0.29, 0.717) is 18.4 Å². The van der Waals surface area contributed by atoms with Gasteiger partial charge in [-0.15, -0.1) is 0 Å². The molecule has 0 aliphatic carbocycles. The van der Waals surface area contributed by atoms with Gasteiger partial charge in [0.05, 0.1) is 0 Å². The maximum Gasteiger partial charge on any atom is 0.222 e. The van der Waals surface area contributed by atoms with Crippen molar-refractivity contribution in [2.24, 2.45) is 5.92 Å². The number of carbonyl (C=O) groups excluding carboxylic acids is 1. The predicted octanol–water partition coefficient (Wildman–Crippen LogP) is 1.93. The molecule has 2 aliphatic rings. The fraction of sp³-hybridized carbons (Fsp3) is 0.588. The predicted molar refractivity (Wildman–Crippen MR) is 82.4 cm³/mol. The minimum absolute atomic E-state index is 0.288. The molecule has 0 bridgehead atoms. The molecule has 2 saturated heterocycles. The van der Waals surface area contributed by atoms with Crippen LogP contribution in [-0.4, -0.2) is 55.0 Å². The van der Waals surface area contributed by atoms with Crippen LogP contribution in [-0.2, 0) is 4.79 Å². The summed E-state index contributed by atoms with van der Waals surface area (Å²) in [6.07, 6.45) is 2.05. The number of piperidine rings is 1. The lowest BCUT2D eigenvalue weighted by atomic mass is 9.96. The van der Waals surface area contributed by atoms with Gasteiger partial charge in [-0.05, 0) is 30.9 Å².